The highest BCUT2D eigenvalue weighted by Crippen LogP contribution is 2.33. The zero-order valence-electron chi connectivity index (χ0n) is 10.4. The van der Waals surface area contributed by atoms with Crippen LogP contribution < -0.4 is 10.5 Å². The molecule has 0 aliphatic carbocycles. The third-order valence-corrected chi connectivity index (χ3v) is 2.98. The molecule has 0 bridgehead atoms. The molecule has 2 rings (SSSR count). The minimum absolute atomic E-state index is 0.516. The number of hydrogen-bond donors (Lipinski definition) is 1. The maximum atomic E-state index is 6.12. The molecule has 18 heavy (non-hydrogen) atoms. The lowest BCUT2D eigenvalue weighted by Crippen LogP contribution is -2.02. The van der Waals surface area contributed by atoms with E-state index in [9.17, 15) is 0 Å². The molecule has 5 heteroatoms. The number of nitrogens with zero attached hydrogens (tertiary/aromatic N) is 1. The number of nitrogens with two attached hydrogens (primary N) is 1. The molecule has 0 saturated carbocycles. The molecular weight excluding hydrogens is 252 g/mol. The highest BCUT2D eigenvalue weighted by molar-refractivity contribution is 6.32. The Hall–Kier alpha value is -1.52. The van der Waals surface area contributed by atoms with E-state index >= 15 is 0 Å². The summed E-state index contributed by atoms with van der Waals surface area (Å²) < 4.78 is 10.5. The maximum Gasteiger partial charge on any atom is 0.195 e. The lowest BCUT2D eigenvalue weighted by atomic mass is 10.1. The first-order valence-electron chi connectivity index (χ1n) is 5.64. The number of aromatic nitrogens is 1. The van der Waals surface area contributed by atoms with Crippen molar-refractivity contribution in [3.8, 4) is 17.0 Å². The van der Waals surface area contributed by atoms with Gasteiger partial charge in [-0.25, -0.2) is 4.98 Å². The van der Waals surface area contributed by atoms with Crippen molar-refractivity contribution in [2.24, 2.45) is 5.73 Å². The second-order valence-electron chi connectivity index (χ2n) is 3.97. The lowest BCUT2D eigenvalue weighted by molar-refractivity contribution is 0.415. The van der Waals surface area contributed by atoms with Gasteiger partial charge in [0.05, 0.1) is 12.1 Å². The topological polar surface area (TPSA) is 61.3 Å². The Morgan fingerprint density at radius 1 is 1.44 bits per heavy atom. The average Bonchev–Trinajstić information content (AvgIpc) is 2.80. The van der Waals surface area contributed by atoms with E-state index in [4.69, 9.17) is 26.5 Å². The van der Waals surface area contributed by atoms with Crippen LogP contribution in [0.25, 0.3) is 11.3 Å². The van der Waals surface area contributed by atoms with E-state index in [2.05, 4.69) is 4.98 Å². The van der Waals surface area contributed by atoms with Crippen molar-refractivity contribution in [1.82, 2.24) is 4.98 Å². The Kier molecular flexibility index (Phi) is 3.89. The standard InChI is InChI=1S/C13H15ClN2O2/c1-8-5-12(17-2)10(14)6-9(8)11-7-18-13(16-11)3-4-15/h5-7H,3-4,15H2,1-2H3. The monoisotopic (exact) mass is 266 g/mol. The molecule has 0 radical (unpaired) electrons. The molecule has 0 amide bonds. The van der Waals surface area contributed by atoms with Gasteiger partial charge in [-0.2, -0.15) is 0 Å². The van der Waals surface area contributed by atoms with Crippen LogP contribution in [0.3, 0.4) is 0 Å². The fourth-order valence-corrected chi connectivity index (χ4v) is 2.00. The SMILES string of the molecule is COc1cc(C)c(-c2coc(CCN)n2)cc1Cl. The third kappa shape index (κ3) is 2.49. The van der Waals surface area contributed by atoms with Crippen LogP contribution in [-0.2, 0) is 6.42 Å². The first kappa shape index (κ1) is 12.9. The Morgan fingerprint density at radius 2 is 2.22 bits per heavy atom. The summed E-state index contributed by atoms with van der Waals surface area (Å²) in [6, 6.07) is 3.72. The molecule has 0 spiro atoms. The van der Waals surface area contributed by atoms with E-state index in [1.165, 1.54) is 0 Å². The summed E-state index contributed by atoms with van der Waals surface area (Å²) in [6.45, 7) is 2.49. The number of aryl methyl sites for hydroxylation is 1. The molecule has 4 nitrogen and oxygen atoms in total. The summed E-state index contributed by atoms with van der Waals surface area (Å²) in [5, 5.41) is 0.557. The van der Waals surface area contributed by atoms with Gasteiger partial charge in [-0.3, -0.25) is 0 Å². The third-order valence-electron chi connectivity index (χ3n) is 2.68. The molecule has 1 aromatic carbocycles. The van der Waals surface area contributed by atoms with Crippen LogP contribution in [0.1, 0.15) is 11.5 Å². The van der Waals surface area contributed by atoms with Gasteiger partial charge in [0.25, 0.3) is 0 Å². The van der Waals surface area contributed by atoms with Gasteiger partial charge in [0.2, 0.25) is 0 Å². The zero-order chi connectivity index (χ0) is 13.1. The molecular formula is C13H15ClN2O2. The van der Waals surface area contributed by atoms with Gasteiger partial charge in [-0.15, -0.1) is 0 Å². The minimum Gasteiger partial charge on any atom is -0.495 e. The Labute approximate surface area is 111 Å². The van der Waals surface area contributed by atoms with E-state index in [1.54, 1.807) is 13.4 Å². The van der Waals surface area contributed by atoms with Gasteiger partial charge in [-0.1, -0.05) is 11.6 Å². The molecule has 0 fully saturated rings. The van der Waals surface area contributed by atoms with Crippen LogP contribution in [0, 0.1) is 6.92 Å². The average molecular weight is 267 g/mol. The van der Waals surface area contributed by atoms with Crippen molar-refractivity contribution in [3.63, 3.8) is 0 Å². The summed E-state index contributed by atoms with van der Waals surface area (Å²) in [5.41, 5.74) is 8.20. The quantitative estimate of drug-likeness (QED) is 0.924. The first-order chi connectivity index (χ1) is 8.65. The van der Waals surface area contributed by atoms with Gasteiger partial charge in [0, 0.05) is 18.5 Å². The van der Waals surface area contributed by atoms with E-state index in [0.29, 0.717) is 29.6 Å². The van der Waals surface area contributed by atoms with Crippen molar-refractivity contribution in [2.75, 3.05) is 13.7 Å². The second-order valence-corrected chi connectivity index (χ2v) is 4.37. The molecule has 96 valence electrons. The largest absolute Gasteiger partial charge is 0.495 e. The van der Waals surface area contributed by atoms with Crippen molar-refractivity contribution in [2.45, 2.75) is 13.3 Å². The van der Waals surface area contributed by atoms with Crippen LogP contribution >= 0.6 is 11.6 Å². The van der Waals surface area contributed by atoms with Gasteiger partial charge in [0.15, 0.2) is 5.89 Å². The van der Waals surface area contributed by atoms with Crippen molar-refractivity contribution < 1.29 is 9.15 Å². The minimum atomic E-state index is 0.516. The van der Waals surface area contributed by atoms with Crippen LogP contribution in [-0.4, -0.2) is 18.6 Å². The summed E-state index contributed by atoms with van der Waals surface area (Å²) in [7, 11) is 1.59. The van der Waals surface area contributed by atoms with E-state index in [0.717, 1.165) is 16.8 Å². The van der Waals surface area contributed by atoms with Crippen molar-refractivity contribution >= 4 is 11.6 Å². The highest BCUT2D eigenvalue weighted by atomic mass is 35.5. The molecule has 0 unspecified atom stereocenters. The first-order valence-corrected chi connectivity index (χ1v) is 6.02. The molecule has 0 aliphatic heterocycles. The fraction of sp³-hybridized carbons (Fsp3) is 0.308. The molecule has 0 aliphatic rings. The summed E-state index contributed by atoms with van der Waals surface area (Å²) >= 11 is 6.12. The van der Waals surface area contributed by atoms with E-state index in [1.807, 2.05) is 19.1 Å². The van der Waals surface area contributed by atoms with Gasteiger partial charge >= 0.3 is 0 Å². The Morgan fingerprint density at radius 3 is 2.89 bits per heavy atom. The number of benzene rings is 1. The zero-order valence-corrected chi connectivity index (χ0v) is 11.1. The molecule has 1 heterocycles. The molecule has 2 aromatic rings. The highest BCUT2D eigenvalue weighted by Gasteiger charge is 2.12. The van der Waals surface area contributed by atoms with Gasteiger partial charge in [0.1, 0.15) is 17.7 Å². The number of hydrogen-bond acceptors (Lipinski definition) is 4. The number of oxazole rings is 1. The lowest BCUT2D eigenvalue weighted by Gasteiger charge is -2.07. The smallest absolute Gasteiger partial charge is 0.195 e. The number of halogens is 1. The van der Waals surface area contributed by atoms with Crippen LogP contribution in [0.5, 0.6) is 5.75 Å². The fourth-order valence-electron chi connectivity index (χ4n) is 1.76. The predicted molar refractivity (Wildman–Crippen MR) is 71.0 cm³/mol. The van der Waals surface area contributed by atoms with Crippen molar-refractivity contribution in [1.29, 1.82) is 0 Å². The van der Waals surface area contributed by atoms with Gasteiger partial charge < -0.3 is 14.9 Å². The van der Waals surface area contributed by atoms with Crippen LogP contribution in [0.2, 0.25) is 5.02 Å². The Bertz CT molecular complexity index is 552. The van der Waals surface area contributed by atoms with Crippen LogP contribution in [0.4, 0.5) is 0 Å². The van der Waals surface area contributed by atoms with E-state index in [-0.39, 0.29) is 0 Å². The number of methoxy groups -OCH3 is 1. The Balaban J connectivity index is 2.40. The maximum absolute atomic E-state index is 6.12. The molecule has 0 atom stereocenters. The second kappa shape index (κ2) is 5.42. The normalized spacial score (nSPS) is 10.7. The predicted octanol–water partition coefficient (Wildman–Crippen LogP) is 2.81. The summed E-state index contributed by atoms with van der Waals surface area (Å²) in [5.74, 6) is 1.29. The van der Waals surface area contributed by atoms with Crippen molar-refractivity contribution in [3.05, 3.63) is 34.9 Å². The van der Waals surface area contributed by atoms with Crippen LogP contribution in [0.15, 0.2) is 22.8 Å². The number of rotatable bonds is 4. The molecule has 0 saturated heterocycles. The molecule has 1 aromatic heterocycles. The van der Waals surface area contributed by atoms with Gasteiger partial charge in [-0.05, 0) is 24.6 Å². The molecule has 2 N–H and O–H groups in total. The van der Waals surface area contributed by atoms with E-state index < -0.39 is 0 Å². The summed E-state index contributed by atoms with van der Waals surface area (Å²) in [4.78, 5) is 4.38. The number of ether oxygens (including phenoxy) is 1. The summed E-state index contributed by atoms with van der Waals surface area (Å²) in [6.07, 6.45) is 2.25.